The van der Waals surface area contributed by atoms with Crippen LogP contribution in [-0.4, -0.2) is 5.88 Å². The average Bonchev–Trinajstić information content (AvgIpc) is 2.16. The molecular weight excluding hydrogens is 203 g/mol. The van der Waals surface area contributed by atoms with Gasteiger partial charge in [-0.15, -0.1) is 11.6 Å². The maximum Gasteiger partial charge on any atom is 0.0406 e. The Kier molecular flexibility index (Phi) is 4.61. The second kappa shape index (κ2) is 5.51. The van der Waals surface area contributed by atoms with Crippen LogP contribution in [0.25, 0.3) is 0 Å². The summed E-state index contributed by atoms with van der Waals surface area (Å²) in [6.07, 6.45) is 2.31. The molecule has 1 atom stereocenters. The van der Waals surface area contributed by atoms with Gasteiger partial charge in [-0.25, -0.2) is 0 Å². The lowest BCUT2D eigenvalue weighted by atomic mass is 9.97. The molecule has 0 aliphatic rings. The lowest BCUT2D eigenvalue weighted by Gasteiger charge is -2.12. The van der Waals surface area contributed by atoms with E-state index in [9.17, 15) is 0 Å². The third-order valence-corrected chi connectivity index (χ3v) is 2.79. The van der Waals surface area contributed by atoms with Crippen molar-refractivity contribution in [2.24, 2.45) is 0 Å². The summed E-state index contributed by atoms with van der Waals surface area (Å²) in [6.45, 7) is 2.18. The van der Waals surface area contributed by atoms with Crippen LogP contribution in [0.5, 0.6) is 0 Å². The number of benzene rings is 1. The van der Waals surface area contributed by atoms with Crippen molar-refractivity contribution in [1.82, 2.24) is 0 Å². The number of halogens is 2. The number of rotatable bonds is 4. The van der Waals surface area contributed by atoms with E-state index in [1.807, 2.05) is 12.1 Å². The number of hydrogen-bond acceptors (Lipinski definition) is 0. The molecule has 0 saturated heterocycles. The van der Waals surface area contributed by atoms with Gasteiger partial charge in [0.15, 0.2) is 0 Å². The molecule has 2 heteroatoms. The van der Waals surface area contributed by atoms with Gasteiger partial charge < -0.3 is 0 Å². The molecular formula is C11H14Cl2. The quantitative estimate of drug-likeness (QED) is 0.653. The molecule has 0 spiro atoms. The van der Waals surface area contributed by atoms with E-state index >= 15 is 0 Å². The average molecular weight is 217 g/mol. The van der Waals surface area contributed by atoms with Crippen LogP contribution in [0.2, 0.25) is 5.02 Å². The fourth-order valence-electron chi connectivity index (χ4n) is 1.42. The van der Waals surface area contributed by atoms with Crippen molar-refractivity contribution in [3.63, 3.8) is 0 Å². The number of hydrogen-bond donors (Lipinski definition) is 0. The second-order valence-electron chi connectivity index (χ2n) is 3.19. The minimum atomic E-state index is 0.476. The van der Waals surface area contributed by atoms with Crippen LogP contribution in [-0.2, 0) is 0 Å². The van der Waals surface area contributed by atoms with Gasteiger partial charge in [0.25, 0.3) is 0 Å². The SMILES string of the molecule is CCCC(CCl)c1ccc(Cl)cc1. The van der Waals surface area contributed by atoms with E-state index in [1.54, 1.807) is 0 Å². The fourth-order valence-corrected chi connectivity index (χ4v) is 1.87. The van der Waals surface area contributed by atoms with Crippen LogP contribution in [0.3, 0.4) is 0 Å². The third-order valence-electron chi connectivity index (χ3n) is 2.16. The van der Waals surface area contributed by atoms with Crippen LogP contribution in [0.15, 0.2) is 24.3 Å². The van der Waals surface area contributed by atoms with Gasteiger partial charge in [-0.3, -0.25) is 0 Å². The molecule has 1 rings (SSSR count). The Morgan fingerprint density at radius 3 is 2.31 bits per heavy atom. The first-order chi connectivity index (χ1) is 6.27. The van der Waals surface area contributed by atoms with Crippen molar-refractivity contribution in [3.8, 4) is 0 Å². The molecule has 0 aliphatic carbocycles. The van der Waals surface area contributed by atoms with E-state index in [4.69, 9.17) is 23.2 Å². The van der Waals surface area contributed by atoms with Crippen molar-refractivity contribution in [1.29, 1.82) is 0 Å². The molecule has 1 aromatic rings. The van der Waals surface area contributed by atoms with Crippen molar-refractivity contribution < 1.29 is 0 Å². The summed E-state index contributed by atoms with van der Waals surface area (Å²) in [7, 11) is 0. The lowest BCUT2D eigenvalue weighted by Crippen LogP contribution is -1.99. The maximum atomic E-state index is 5.89. The van der Waals surface area contributed by atoms with E-state index < -0.39 is 0 Å². The minimum absolute atomic E-state index is 0.476. The van der Waals surface area contributed by atoms with Crippen LogP contribution in [0, 0.1) is 0 Å². The first kappa shape index (κ1) is 10.9. The second-order valence-corrected chi connectivity index (χ2v) is 3.94. The monoisotopic (exact) mass is 216 g/mol. The van der Waals surface area contributed by atoms with Crippen LogP contribution < -0.4 is 0 Å². The van der Waals surface area contributed by atoms with E-state index in [0.717, 1.165) is 11.4 Å². The highest BCUT2D eigenvalue weighted by molar-refractivity contribution is 6.30. The summed E-state index contributed by atoms with van der Waals surface area (Å²) in [4.78, 5) is 0. The largest absolute Gasteiger partial charge is 0.126 e. The van der Waals surface area contributed by atoms with Crippen molar-refractivity contribution in [3.05, 3.63) is 34.9 Å². The van der Waals surface area contributed by atoms with E-state index in [0.29, 0.717) is 11.8 Å². The molecule has 0 N–H and O–H groups in total. The molecule has 0 aliphatic heterocycles. The zero-order valence-corrected chi connectivity index (χ0v) is 9.28. The summed E-state index contributed by atoms with van der Waals surface area (Å²) in [6, 6.07) is 7.97. The summed E-state index contributed by atoms with van der Waals surface area (Å²) < 4.78 is 0. The van der Waals surface area contributed by atoms with Crippen molar-refractivity contribution >= 4 is 23.2 Å². The fraction of sp³-hybridized carbons (Fsp3) is 0.455. The molecule has 0 nitrogen and oxygen atoms in total. The first-order valence-corrected chi connectivity index (χ1v) is 5.50. The standard InChI is InChI=1S/C11H14Cl2/c1-2-3-10(8-12)9-4-6-11(13)7-5-9/h4-7,10H,2-3,8H2,1H3. The highest BCUT2D eigenvalue weighted by Crippen LogP contribution is 2.23. The summed E-state index contributed by atoms with van der Waals surface area (Å²) in [5, 5.41) is 0.786. The Morgan fingerprint density at radius 2 is 1.85 bits per heavy atom. The molecule has 13 heavy (non-hydrogen) atoms. The third kappa shape index (κ3) is 3.21. The predicted octanol–water partition coefficient (Wildman–Crippen LogP) is 4.46. The van der Waals surface area contributed by atoms with Crippen molar-refractivity contribution in [2.75, 3.05) is 5.88 Å². The number of alkyl halides is 1. The smallest absolute Gasteiger partial charge is 0.0406 e. The van der Waals surface area contributed by atoms with Gasteiger partial charge in [0.05, 0.1) is 0 Å². The molecule has 72 valence electrons. The molecule has 0 radical (unpaired) electrons. The molecule has 1 unspecified atom stereocenters. The Labute approximate surface area is 89.9 Å². The van der Waals surface area contributed by atoms with E-state index in [-0.39, 0.29) is 0 Å². The summed E-state index contributed by atoms with van der Waals surface area (Å²) in [5.74, 6) is 1.17. The summed E-state index contributed by atoms with van der Waals surface area (Å²) >= 11 is 11.7. The molecule has 0 amide bonds. The Morgan fingerprint density at radius 1 is 1.23 bits per heavy atom. The van der Waals surface area contributed by atoms with E-state index in [1.165, 1.54) is 12.0 Å². The Bertz CT molecular complexity index is 241. The molecule has 0 fully saturated rings. The maximum absolute atomic E-state index is 5.89. The van der Waals surface area contributed by atoms with E-state index in [2.05, 4.69) is 19.1 Å². The van der Waals surface area contributed by atoms with Crippen LogP contribution >= 0.6 is 23.2 Å². The van der Waals surface area contributed by atoms with Gasteiger partial charge in [0.2, 0.25) is 0 Å². The van der Waals surface area contributed by atoms with Gasteiger partial charge in [-0.2, -0.15) is 0 Å². The lowest BCUT2D eigenvalue weighted by molar-refractivity contribution is 0.670. The zero-order valence-electron chi connectivity index (χ0n) is 7.76. The highest BCUT2D eigenvalue weighted by atomic mass is 35.5. The predicted molar refractivity (Wildman–Crippen MR) is 59.8 cm³/mol. The van der Waals surface area contributed by atoms with Gasteiger partial charge in [-0.05, 0) is 30.0 Å². The normalized spacial score (nSPS) is 12.8. The molecule has 1 aromatic carbocycles. The van der Waals surface area contributed by atoms with Gasteiger partial charge in [0.1, 0.15) is 0 Å². The summed E-state index contributed by atoms with van der Waals surface area (Å²) in [5.41, 5.74) is 1.29. The Hall–Kier alpha value is -0.200. The van der Waals surface area contributed by atoms with Crippen LogP contribution in [0.1, 0.15) is 31.2 Å². The van der Waals surface area contributed by atoms with Gasteiger partial charge in [0, 0.05) is 10.9 Å². The van der Waals surface area contributed by atoms with Crippen molar-refractivity contribution in [2.45, 2.75) is 25.7 Å². The Balaban J connectivity index is 2.73. The van der Waals surface area contributed by atoms with Crippen LogP contribution in [0.4, 0.5) is 0 Å². The van der Waals surface area contributed by atoms with Gasteiger partial charge >= 0.3 is 0 Å². The minimum Gasteiger partial charge on any atom is -0.126 e. The molecule has 0 bridgehead atoms. The highest BCUT2D eigenvalue weighted by Gasteiger charge is 2.08. The topological polar surface area (TPSA) is 0 Å². The molecule has 0 heterocycles. The first-order valence-electron chi connectivity index (χ1n) is 4.59. The molecule has 0 aromatic heterocycles. The molecule has 0 saturated carbocycles. The zero-order chi connectivity index (χ0) is 9.68. The van der Waals surface area contributed by atoms with Gasteiger partial charge in [-0.1, -0.05) is 37.1 Å².